The van der Waals surface area contributed by atoms with Crippen LogP contribution in [-0.4, -0.2) is 15.5 Å². The minimum atomic E-state index is -3.92. The van der Waals surface area contributed by atoms with Gasteiger partial charge in [-0.3, -0.25) is 0 Å². The molecule has 1 unspecified atom stereocenters. The molecule has 0 heterocycles. The Bertz CT molecular complexity index is 1320. The highest BCUT2D eigenvalue weighted by molar-refractivity contribution is 7.99. The average molecular weight is 575 g/mol. The number of hydrogen-bond donors (Lipinski definition) is 0. The van der Waals surface area contributed by atoms with E-state index < -0.39 is 9.84 Å². The van der Waals surface area contributed by atoms with Gasteiger partial charge >= 0.3 is 0 Å². The van der Waals surface area contributed by atoms with Crippen molar-refractivity contribution >= 4 is 9.84 Å². The lowest BCUT2D eigenvalue weighted by Gasteiger charge is -2.15. The van der Waals surface area contributed by atoms with E-state index in [9.17, 15) is 8.42 Å². The van der Waals surface area contributed by atoms with Gasteiger partial charge in [0.2, 0.25) is 9.84 Å². The molecule has 220 valence electrons. The summed E-state index contributed by atoms with van der Waals surface area (Å²) in [5.41, 5.74) is 2.14. The van der Waals surface area contributed by atoms with E-state index in [1.165, 1.54) is 61.3 Å². The van der Waals surface area contributed by atoms with E-state index in [1.54, 1.807) is 12.2 Å². The molecule has 0 spiro atoms. The molecule has 0 amide bonds. The number of ether oxygens (including phenoxy) is 2. The van der Waals surface area contributed by atoms with Crippen LogP contribution >= 0.6 is 0 Å². The standard InChI is InChI=1S/C36H46O4S/c1-12-19-20-29(10)27-36(28(8)9)30(13-2)21-22-32(15-4)40-33(16-5)24-26-35(18-7)41(37,38)34(17-6)25-23-31(14-3)39-11/h13-29H,2-7,12H2,1,8-11H3/b20-19-,30-21+,31-23+,32-22+,33-24+,34-25+,35-26+,36-27+. The Hall–Kier alpha value is -4.09. The maximum absolute atomic E-state index is 13.2. The summed E-state index contributed by atoms with van der Waals surface area (Å²) in [4.78, 5) is -0.0784. The molecule has 0 saturated heterocycles. The predicted molar refractivity (Wildman–Crippen MR) is 178 cm³/mol. The predicted octanol–water partition coefficient (Wildman–Crippen LogP) is 9.71. The molecule has 0 rings (SSSR count). The third kappa shape index (κ3) is 12.7. The van der Waals surface area contributed by atoms with Gasteiger partial charge < -0.3 is 9.47 Å². The van der Waals surface area contributed by atoms with Gasteiger partial charge in [0, 0.05) is 0 Å². The third-order valence-corrected chi connectivity index (χ3v) is 7.49. The quantitative estimate of drug-likeness (QED) is 0.0875. The highest BCUT2D eigenvalue weighted by atomic mass is 32.2. The molecule has 0 aliphatic heterocycles. The van der Waals surface area contributed by atoms with Crippen LogP contribution in [0.1, 0.15) is 34.1 Å². The summed E-state index contributed by atoms with van der Waals surface area (Å²) in [6, 6.07) is 0. The second-order valence-corrected chi connectivity index (χ2v) is 10.9. The van der Waals surface area contributed by atoms with Crippen molar-refractivity contribution < 1.29 is 17.9 Å². The molecule has 0 bridgehead atoms. The van der Waals surface area contributed by atoms with Gasteiger partial charge in [0.05, 0.1) is 16.9 Å². The molecule has 0 aromatic carbocycles. The largest absolute Gasteiger partial charge is 0.497 e. The fourth-order valence-corrected chi connectivity index (χ4v) is 4.61. The van der Waals surface area contributed by atoms with Gasteiger partial charge in [-0.15, -0.1) is 0 Å². The Morgan fingerprint density at radius 3 is 1.59 bits per heavy atom. The molecule has 0 aliphatic rings. The lowest BCUT2D eigenvalue weighted by molar-refractivity contribution is 0.307. The monoisotopic (exact) mass is 574 g/mol. The lowest BCUT2D eigenvalue weighted by atomic mass is 9.91. The van der Waals surface area contributed by atoms with Crippen LogP contribution in [0.5, 0.6) is 0 Å². The molecule has 1 atom stereocenters. The maximum Gasteiger partial charge on any atom is 0.206 e. The molecule has 0 aromatic heterocycles. The minimum absolute atomic E-state index is 0.0307. The van der Waals surface area contributed by atoms with Crippen molar-refractivity contribution in [3.63, 3.8) is 0 Å². The molecule has 0 fully saturated rings. The van der Waals surface area contributed by atoms with Gasteiger partial charge in [0.1, 0.15) is 17.3 Å². The van der Waals surface area contributed by atoms with Crippen molar-refractivity contribution in [3.8, 4) is 0 Å². The number of allylic oxidation sites excluding steroid dienone is 17. The molecule has 0 aliphatic carbocycles. The summed E-state index contributed by atoms with van der Waals surface area (Å²) in [5, 5.41) is 0. The molecule has 0 aromatic rings. The van der Waals surface area contributed by atoms with Crippen LogP contribution in [0.3, 0.4) is 0 Å². The van der Waals surface area contributed by atoms with Crippen LogP contribution in [0, 0.1) is 11.8 Å². The molecule has 4 nitrogen and oxygen atoms in total. The highest BCUT2D eigenvalue weighted by Crippen LogP contribution is 2.24. The first-order valence-corrected chi connectivity index (χ1v) is 14.8. The van der Waals surface area contributed by atoms with Crippen LogP contribution in [0.25, 0.3) is 0 Å². The topological polar surface area (TPSA) is 52.6 Å². The van der Waals surface area contributed by atoms with Crippen LogP contribution in [0.2, 0.25) is 0 Å². The van der Waals surface area contributed by atoms with E-state index in [4.69, 9.17) is 9.47 Å². The van der Waals surface area contributed by atoms with Crippen molar-refractivity contribution in [2.45, 2.75) is 34.1 Å². The van der Waals surface area contributed by atoms with E-state index >= 15 is 0 Å². The van der Waals surface area contributed by atoms with Crippen molar-refractivity contribution in [2.24, 2.45) is 11.8 Å². The second kappa shape index (κ2) is 19.9. The molecule has 0 radical (unpaired) electrons. The van der Waals surface area contributed by atoms with E-state index in [2.05, 4.69) is 85.4 Å². The van der Waals surface area contributed by atoms with E-state index in [0.717, 1.165) is 12.0 Å². The summed E-state index contributed by atoms with van der Waals surface area (Å²) >= 11 is 0. The number of sulfone groups is 1. The molecular formula is C36H46O4S. The van der Waals surface area contributed by atoms with Crippen LogP contribution in [0.15, 0.2) is 169 Å². The van der Waals surface area contributed by atoms with Gasteiger partial charge in [-0.2, -0.15) is 0 Å². The highest BCUT2D eigenvalue weighted by Gasteiger charge is 2.18. The first kappa shape index (κ1) is 36.9. The number of methoxy groups -OCH3 is 1. The van der Waals surface area contributed by atoms with Crippen LogP contribution in [0.4, 0.5) is 0 Å². The average Bonchev–Trinajstić information content (AvgIpc) is 2.96. The van der Waals surface area contributed by atoms with Gasteiger partial charge in [-0.25, -0.2) is 8.42 Å². The van der Waals surface area contributed by atoms with E-state index in [0.29, 0.717) is 17.3 Å². The van der Waals surface area contributed by atoms with Gasteiger partial charge in [-0.05, 0) is 78.0 Å². The fourth-order valence-electron chi connectivity index (χ4n) is 3.41. The Morgan fingerprint density at radius 2 is 1.20 bits per heavy atom. The summed E-state index contributed by atoms with van der Waals surface area (Å²) in [6.07, 6.45) is 25.9. The van der Waals surface area contributed by atoms with E-state index in [1.807, 2.05) is 12.2 Å². The number of rotatable bonds is 19. The Labute approximate surface area is 249 Å². The zero-order chi connectivity index (χ0) is 31.4. The van der Waals surface area contributed by atoms with Crippen LogP contribution in [-0.2, 0) is 19.3 Å². The first-order chi connectivity index (χ1) is 19.5. The molecule has 5 heteroatoms. The smallest absolute Gasteiger partial charge is 0.206 e. The zero-order valence-corrected chi connectivity index (χ0v) is 26.1. The van der Waals surface area contributed by atoms with Crippen molar-refractivity contribution in [1.29, 1.82) is 0 Å². The van der Waals surface area contributed by atoms with E-state index in [-0.39, 0.29) is 21.6 Å². The Balaban J connectivity index is 6.43. The van der Waals surface area contributed by atoms with Gasteiger partial charge in [0.25, 0.3) is 0 Å². The zero-order valence-electron chi connectivity index (χ0n) is 25.3. The normalized spacial score (nSPS) is 15.4. The molecule has 0 saturated carbocycles. The maximum atomic E-state index is 13.2. The Morgan fingerprint density at radius 1 is 0.707 bits per heavy atom. The minimum Gasteiger partial charge on any atom is -0.497 e. The Kier molecular flexibility index (Phi) is 17.9. The summed E-state index contributed by atoms with van der Waals surface area (Å²) in [5.74, 6) is 1.73. The summed E-state index contributed by atoms with van der Waals surface area (Å²) < 4.78 is 37.5. The third-order valence-electron chi connectivity index (χ3n) is 5.64. The summed E-state index contributed by atoms with van der Waals surface area (Å²) in [7, 11) is -2.46. The molecule has 0 N–H and O–H groups in total. The van der Waals surface area contributed by atoms with Crippen molar-refractivity contribution in [1.82, 2.24) is 0 Å². The summed E-state index contributed by atoms with van der Waals surface area (Å²) in [6.45, 7) is 31.1. The molecule has 41 heavy (non-hydrogen) atoms. The number of hydrogen-bond acceptors (Lipinski definition) is 4. The second-order valence-electron chi connectivity index (χ2n) is 8.97. The van der Waals surface area contributed by atoms with Gasteiger partial charge in [-0.1, -0.05) is 110 Å². The lowest BCUT2D eigenvalue weighted by Crippen LogP contribution is -2.04. The fraction of sp³-hybridized carbons (Fsp3) is 0.222. The van der Waals surface area contributed by atoms with Crippen LogP contribution < -0.4 is 0 Å². The first-order valence-electron chi connectivity index (χ1n) is 13.4. The van der Waals surface area contributed by atoms with Crippen molar-refractivity contribution in [3.05, 3.63) is 169 Å². The molecular weight excluding hydrogens is 528 g/mol. The SMILES string of the molecule is C=C/C(=C\C=C(/C=C)S(=O)(=O)/C(C=C)=C/C=C(\C=C)O/C(C=C)=C/C=C(C=C)/C(=C/C(C)/C=C\CC)C(C)C)OC. The van der Waals surface area contributed by atoms with Gasteiger partial charge in [0.15, 0.2) is 0 Å². The van der Waals surface area contributed by atoms with Crippen molar-refractivity contribution in [2.75, 3.05) is 7.11 Å².